The van der Waals surface area contributed by atoms with Crippen molar-refractivity contribution in [3.63, 3.8) is 0 Å². The molecule has 1 saturated carbocycles. The Labute approximate surface area is 132 Å². The molecule has 3 N–H and O–H groups in total. The predicted octanol–water partition coefficient (Wildman–Crippen LogP) is 3.03. The number of hydrogen-bond donors (Lipinski definition) is 2. The van der Waals surface area contributed by atoms with Gasteiger partial charge in [-0.15, -0.1) is 11.8 Å². The molecule has 1 atom stereocenters. The fourth-order valence-electron chi connectivity index (χ4n) is 2.77. The van der Waals surface area contributed by atoms with Crippen LogP contribution in [-0.2, 0) is 4.79 Å². The molecule has 0 heterocycles. The highest BCUT2D eigenvalue weighted by molar-refractivity contribution is 7.99. The van der Waals surface area contributed by atoms with E-state index in [1.54, 1.807) is 11.8 Å². The first-order valence-corrected chi connectivity index (χ1v) is 8.61. The number of nitrogens with one attached hydrogen (secondary N) is 1. The van der Waals surface area contributed by atoms with E-state index in [2.05, 4.69) is 51.2 Å². The summed E-state index contributed by atoms with van der Waals surface area (Å²) in [5, 5.41) is 3.46. The van der Waals surface area contributed by atoms with Gasteiger partial charge in [0.1, 0.15) is 5.54 Å². The number of carbonyl (C=O) groups is 1. The number of aryl methyl sites for hydroxylation is 2. The van der Waals surface area contributed by atoms with Gasteiger partial charge in [-0.2, -0.15) is 0 Å². The van der Waals surface area contributed by atoms with Gasteiger partial charge < -0.3 is 11.1 Å². The Balaban J connectivity index is 2.19. The van der Waals surface area contributed by atoms with Crippen LogP contribution in [0, 0.1) is 19.8 Å². The van der Waals surface area contributed by atoms with E-state index in [9.17, 15) is 4.79 Å². The molecule has 1 aromatic rings. The normalized spacial score (nSPS) is 17.8. The third-order valence-corrected chi connectivity index (χ3v) is 5.41. The topological polar surface area (TPSA) is 55.1 Å². The Morgan fingerprint density at radius 2 is 2.10 bits per heavy atom. The Hall–Kier alpha value is -1.00. The Morgan fingerprint density at radius 3 is 2.62 bits per heavy atom. The maximum Gasteiger partial charge on any atom is 0.238 e. The summed E-state index contributed by atoms with van der Waals surface area (Å²) in [7, 11) is 0. The van der Waals surface area contributed by atoms with Crippen molar-refractivity contribution in [2.45, 2.75) is 57.0 Å². The lowest BCUT2D eigenvalue weighted by Crippen LogP contribution is -2.61. The van der Waals surface area contributed by atoms with Crippen molar-refractivity contribution in [1.29, 1.82) is 0 Å². The van der Waals surface area contributed by atoms with E-state index in [0.29, 0.717) is 11.7 Å². The number of carbonyl (C=O) groups excluding carboxylic acids is 1. The van der Waals surface area contributed by atoms with Gasteiger partial charge in [0.25, 0.3) is 0 Å². The Bertz CT molecular complexity index is 526. The average molecular weight is 306 g/mol. The van der Waals surface area contributed by atoms with Crippen molar-refractivity contribution >= 4 is 17.7 Å². The van der Waals surface area contributed by atoms with E-state index in [1.165, 1.54) is 16.0 Å². The largest absolute Gasteiger partial charge is 0.368 e. The number of nitrogens with two attached hydrogens (primary N) is 1. The molecule has 0 aromatic heterocycles. The van der Waals surface area contributed by atoms with E-state index in [0.717, 1.165) is 12.8 Å². The lowest BCUT2D eigenvalue weighted by molar-refractivity contribution is -0.124. The van der Waals surface area contributed by atoms with Gasteiger partial charge >= 0.3 is 0 Å². The van der Waals surface area contributed by atoms with Gasteiger partial charge in [0.05, 0.1) is 0 Å². The SMILES string of the molecule is Cc1ccc(C)c(SCC(NC(C)C)(C(N)=O)C2CC2)c1. The first-order chi connectivity index (χ1) is 9.85. The van der Waals surface area contributed by atoms with Crippen molar-refractivity contribution in [2.24, 2.45) is 11.7 Å². The van der Waals surface area contributed by atoms with Gasteiger partial charge in [-0.25, -0.2) is 0 Å². The summed E-state index contributed by atoms with van der Waals surface area (Å²) in [6, 6.07) is 6.69. The molecule has 1 amide bonds. The third-order valence-electron chi connectivity index (χ3n) is 4.06. The molecule has 1 aromatic carbocycles. The van der Waals surface area contributed by atoms with E-state index < -0.39 is 5.54 Å². The highest BCUT2D eigenvalue weighted by Gasteiger charge is 2.49. The van der Waals surface area contributed by atoms with Crippen LogP contribution < -0.4 is 11.1 Å². The fraction of sp³-hybridized carbons (Fsp3) is 0.588. The molecule has 1 fully saturated rings. The summed E-state index contributed by atoms with van der Waals surface area (Å²) in [6.45, 7) is 8.35. The minimum Gasteiger partial charge on any atom is -0.368 e. The molecule has 0 aliphatic heterocycles. The summed E-state index contributed by atoms with van der Waals surface area (Å²) in [6.07, 6.45) is 2.19. The summed E-state index contributed by atoms with van der Waals surface area (Å²) >= 11 is 1.74. The van der Waals surface area contributed by atoms with Crippen LogP contribution in [-0.4, -0.2) is 23.2 Å². The van der Waals surface area contributed by atoms with Crippen LogP contribution in [0.25, 0.3) is 0 Å². The second-order valence-corrected chi connectivity index (χ2v) is 7.48. The Morgan fingerprint density at radius 1 is 1.43 bits per heavy atom. The molecule has 0 spiro atoms. The summed E-state index contributed by atoms with van der Waals surface area (Å²) < 4.78 is 0. The zero-order chi connectivity index (χ0) is 15.6. The quantitative estimate of drug-likeness (QED) is 0.761. The van der Waals surface area contributed by atoms with Crippen LogP contribution in [0.5, 0.6) is 0 Å². The first-order valence-electron chi connectivity index (χ1n) is 7.63. The predicted molar refractivity (Wildman–Crippen MR) is 89.6 cm³/mol. The standard InChI is InChI=1S/C17H26N2OS/c1-11(2)19-17(16(18)20,14-7-8-14)10-21-15-9-12(3)5-6-13(15)4/h5-6,9,11,14,19H,7-8,10H2,1-4H3,(H2,18,20). The molecular weight excluding hydrogens is 280 g/mol. The van der Waals surface area contributed by atoms with Crippen LogP contribution in [0.2, 0.25) is 0 Å². The zero-order valence-corrected chi connectivity index (χ0v) is 14.2. The molecule has 1 unspecified atom stereocenters. The van der Waals surface area contributed by atoms with Crippen LogP contribution in [0.4, 0.5) is 0 Å². The zero-order valence-electron chi connectivity index (χ0n) is 13.4. The van der Waals surface area contributed by atoms with Crippen molar-refractivity contribution in [1.82, 2.24) is 5.32 Å². The molecule has 0 bridgehead atoms. The van der Waals surface area contributed by atoms with Crippen molar-refractivity contribution in [3.8, 4) is 0 Å². The van der Waals surface area contributed by atoms with Crippen molar-refractivity contribution in [3.05, 3.63) is 29.3 Å². The monoisotopic (exact) mass is 306 g/mol. The second-order valence-electron chi connectivity index (χ2n) is 6.47. The van der Waals surface area contributed by atoms with E-state index in [1.807, 2.05) is 0 Å². The molecule has 116 valence electrons. The van der Waals surface area contributed by atoms with Gasteiger partial charge in [-0.3, -0.25) is 4.79 Å². The smallest absolute Gasteiger partial charge is 0.238 e. The van der Waals surface area contributed by atoms with Gasteiger partial charge in [0.15, 0.2) is 0 Å². The lowest BCUT2D eigenvalue weighted by Gasteiger charge is -2.34. The van der Waals surface area contributed by atoms with Crippen molar-refractivity contribution < 1.29 is 4.79 Å². The first kappa shape index (κ1) is 16.4. The lowest BCUT2D eigenvalue weighted by atomic mass is 9.93. The summed E-state index contributed by atoms with van der Waals surface area (Å²) in [4.78, 5) is 13.4. The fourth-order valence-corrected chi connectivity index (χ4v) is 4.18. The van der Waals surface area contributed by atoms with Gasteiger partial charge in [-0.05, 0) is 58.1 Å². The number of amides is 1. The minimum absolute atomic E-state index is 0.212. The molecule has 3 nitrogen and oxygen atoms in total. The minimum atomic E-state index is -0.574. The van der Waals surface area contributed by atoms with E-state index >= 15 is 0 Å². The van der Waals surface area contributed by atoms with Crippen LogP contribution in [0.3, 0.4) is 0 Å². The number of rotatable bonds is 7. The van der Waals surface area contributed by atoms with Crippen LogP contribution >= 0.6 is 11.8 Å². The third kappa shape index (κ3) is 3.80. The number of primary amides is 1. The highest BCUT2D eigenvalue weighted by Crippen LogP contribution is 2.43. The molecule has 0 saturated heterocycles. The second kappa shape index (κ2) is 6.41. The summed E-state index contributed by atoms with van der Waals surface area (Å²) in [5.74, 6) is 0.877. The molecule has 1 aliphatic carbocycles. The Kier molecular flexibility index (Phi) is 4.99. The summed E-state index contributed by atoms with van der Waals surface area (Å²) in [5.41, 5.74) is 7.70. The maximum atomic E-state index is 12.2. The molecule has 4 heteroatoms. The number of hydrogen-bond acceptors (Lipinski definition) is 3. The molecule has 1 aliphatic rings. The molecular formula is C17H26N2OS. The van der Waals surface area contributed by atoms with Crippen molar-refractivity contribution in [2.75, 3.05) is 5.75 Å². The maximum absolute atomic E-state index is 12.2. The van der Waals surface area contributed by atoms with E-state index in [-0.39, 0.29) is 11.9 Å². The van der Waals surface area contributed by atoms with E-state index in [4.69, 9.17) is 5.73 Å². The van der Waals surface area contributed by atoms with Gasteiger partial charge in [0, 0.05) is 16.7 Å². The molecule has 0 radical (unpaired) electrons. The van der Waals surface area contributed by atoms with Crippen LogP contribution in [0.15, 0.2) is 23.1 Å². The van der Waals surface area contributed by atoms with Gasteiger partial charge in [-0.1, -0.05) is 17.7 Å². The number of benzene rings is 1. The number of thioether (sulfide) groups is 1. The van der Waals surface area contributed by atoms with Crippen LogP contribution in [0.1, 0.15) is 37.8 Å². The molecule has 21 heavy (non-hydrogen) atoms. The molecule has 2 rings (SSSR count). The average Bonchev–Trinajstić information content (AvgIpc) is 3.22. The van der Waals surface area contributed by atoms with Gasteiger partial charge in [0.2, 0.25) is 5.91 Å². The highest BCUT2D eigenvalue weighted by atomic mass is 32.2.